The van der Waals surface area contributed by atoms with E-state index in [1.54, 1.807) is 0 Å². The van der Waals surface area contributed by atoms with Gasteiger partial charge in [-0.15, -0.1) is 12.2 Å². The van der Waals surface area contributed by atoms with Crippen LogP contribution in [0, 0.1) is 18.5 Å². The number of rotatable bonds is 0. The minimum Gasteiger partial charge on any atom is -0.390 e. The summed E-state index contributed by atoms with van der Waals surface area (Å²) in [5.74, 6) is 2.19. The van der Waals surface area contributed by atoms with E-state index >= 15 is 0 Å². The zero-order valence-electron chi connectivity index (χ0n) is 6.65. The summed E-state index contributed by atoms with van der Waals surface area (Å²) >= 11 is 0. The average Bonchev–Trinajstić information content (AvgIpc) is 2.08. The van der Waals surface area contributed by atoms with Gasteiger partial charge in [-0.25, -0.2) is 0 Å². The molecular formula is C9H14N. The first-order valence-electron chi connectivity index (χ1n) is 2.88. The van der Waals surface area contributed by atoms with E-state index in [2.05, 4.69) is 43.2 Å². The lowest BCUT2D eigenvalue weighted by molar-refractivity contribution is 1.50. The fraction of sp³-hybridized carbons (Fsp3) is 0.222. The molecule has 2 N–H and O–H groups in total. The topological polar surface area (TPSA) is 26.0 Å². The minimum atomic E-state index is 1.40. The zero-order chi connectivity index (χ0) is 8.83. The van der Waals surface area contributed by atoms with Crippen molar-refractivity contribution < 1.29 is 0 Å². The summed E-state index contributed by atoms with van der Waals surface area (Å²) in [7, 11) is 0. The van der Waals surface area contributed by atoms with Crippen molar-refractivity contribution in [2.75, 3.05) is 0 Å². The van der Waals surface area contributed by atoms with Crippen LogP contribution in [0.5, 0.6) is 0 Å². The quantitative estimate of drug-likeness (QED) is 0.307. The molecule has 0 unspecified atom stereocenters. The van der Waals surface area contributed by atoms with E-state index < -0.39 is 0 Å². The second-order valence-corrected chi connectivity index (χ2v) is 0.692. The van der Waals surface area contributed by atoms with Crippen LogP contribution in [-0.4, -0.2) is 0 Å². The normalized spacial score (nSPS) is 3.70. The Morgan fingerprint density at radius 1 is 1.50 bits per heavy atom. The van der Waals surface area contributed by atoms with Crippen LogP contribution in [0.2, 0.25) is 0 Å². The van der Waals surface area contributed by atoms with Crippen molar-refractivity contribution in [3.63, 3.8) is 0 Å². The average molecular weight is 136 g/mol. The van der Waals surface area contributed by atoms with Crippen molar-refractivity contribution in [2.45, 2.75) is 13.8 Å². The molecule has 10 heavy (non-hydrogen) atoms. The van der Waals surface area contributed by atoms with Crippen molar-refractivity contribution >= 4 is 0 Å². The van der Waals surface area contributed by atoms with Gasteiger partial charge >= 0.3 is 0 Å². The Kier molecular flexibility index (Phi) is 77.1. The molecule has 0 atom stereocenters. The molecule has 1 heteroatoms. The first kappa shape index (κ1) is 15.8. The summed E-state index contributed by atoms with van der Waals surface area (Å²) in [5, 5.41) is 0. The summed E-state index contributed by atoms with van der Waals surface area (Å²) in [6.45, 7) is 10.4. The third-order valence-electron chi connectivity index (χ3n) is 0.220. The van der Waals surface area contributed by atoms with Crippen LogP contribution in [0.1, 0.15) is 13.8 Å². The molecule has 0 spiro atoms. The van der Waals surface area contributed by atoms with Gasteiger partial charge < -0.3 is 5.73 Å². The summed E-state index contributed by atoms with van der Waals surface area (Å²) in [6.07, 6.45) is 8.13. The Balaban J connectivity index is -0.0000000787. The van der Waals surface area contributed by atoms with Crippen LogP contribution in [0.25, 0.3) is 0 Å². The van der Waals surface area contributed by atoms with Crippen molar-refractivity contribution in [3.05, 3.63) is 31.2 Å². The summed E-state index contributed by atoms with van der Waals surface area (Å²) in [6, 6.07) is 0. The van der Waals surface area contributed by atoms with Crippen molar-refractivity contribution in [1.82, 2.24) is 0 Å². The molecule has 0 aromatic rings. The highest BCUT2D eigenvalue weighted by Crippen LogP contribution is 1.41. The van der Waals surface area contributed by atoms with Crippen molar-refractivity contribution in [3.8, 4) is 12.3 Å². The van der Waals surface area contributed by atoms with Gasteiger partial charge in [-0.3, -0.25) is 0 Å². The molecule has 0 aromatic carbocycles. The fourth-order valence-electron chi connectivity index (χ4n) is 0. The summed E-state index contributed by atoms with van der Waals surface area (Å²) in [5.41, 5.74) is 6.81. The van der Waals surface area contributed by atoms with Crippen LogP contribution < -0.4 is 5.73 Å². The Morgan fingerprint density at radius 3 is 1.70 bits per heavy atom. The molecule has 0 aliphatic rings. The molecule has 0 saturated heterocycles. The van der Waals surface area contributed by atoms with Gasteiger partial charge in [-0.05, 0) is 6.08 Å². The monoisotopic (exact) mass is 136 g/mol. The molecule has 0 saturated carbocycles. The first-order valence-corrected chi connectivity index (χ1v) is 2.88. The van der Waals surface area contributed by atoms with Crippen LogP contribution in [-0.2, 0) is 0 Å². The van der Waals surface area contributed by atoms with E-state index in [1.807, 2.05) is 13.8 Å². The third-order valence-corrected chi connectivity index (χ3v) is 0.220. The number of nitrogens with two attached hydrogens (primary N) is 1. The molecular weight excluding hydrogens is 122 g/mol. The van der Waals surface area contributed by atoms with Crippen LogP contribution in [0.15, 0.2) is 25.0 Å². The third kappa shape index (κ3) is 544. The van der Waals surface area contributed by atoms with Gasteiger partial charge in [0.05, 0.1) is 0 Å². The van der Waals surface area contributed by atoms with Gasteiger partial charge in [-0.2, -0.15) is 0 Å². The SMILES string of the molecule is C#CC=C.C=C=[C]N.CC. The van der Waals surface area contributed by atoms with E-state index in [4.69, 9.17) is 0 Å². The second-order valence-electron chi connectivity index (χ2n) is 0.692. The molecule has 0 aliphatic heterocycles. The molecule has 55 valence electrons. The summed E-state index contributed by atoms with van der Waals surface area (Å²) < 4.78 is 0. The second kappa shape index (κ2) is 48.6. The van der Waals surface area contributed by atoms with E-state index in [9.17, 15) is 0 Å². The largest absolute Gasteiger partial charge is 0.390 e. The Morgan fingerprint density at radius 2 is 1.70 bits per heavy atom. The molecule has 0 aromatic heterocycles. The molecule has 1 nitrogen and oxygen atoms in total. The van der Waals surface area contributed by atoms with E-state index in [1.165, 1.54) is 6.08 Å². The predicted octanol–water partition coefficient (Wildman–Crippen LogP) is 1.88. The lowest BCUT2D eigenvalue weighted by Gasteiger charge is -1.41. The van der Waals surface area contributed by atoms with Gasteiger partial charge in [0.25, 0.3) is 0 Å². The van der Waals surface area contributed by atoms with Gasteiger partial charge in [-0.1, -0.05) is 32.9 Å². The zero-order valence-corrected chi connectivity index (χ0v) is 6.65. The smallest absolute Gasteiger partial charge is 0.106 e. The number of terminal acetylenes is 1. The van der Waals surface area contributed by atoms with Gasteiger partial charge in [0.1, 0.15) is 6.20 Å². The van der Waals surface area contributed by atoms with E-state index in [0.717, 1.165) is 0 Å². The number of hydrogen-bond donors (Lipinski definition) is 1. The standard InChI is InChI=1S/C4H4.C3H4N.C2H6/c1-3-4-2;1-2-3-4;1-2/h1,4H,2H2;1,4H2;1-2H3. The lowest BCUT2D eigenvalue weighted by atomic mass is 10.7. The summed E-state index contributed by atoms with van der Waals surface area (Å²) in [4.78, 5) is 0. The maximum atomic E-state index is 4.66. The highest BCUT2D eigenvalue weighted by molar-refractivity contribution is 5.03. The molecule has 0 heterocycles. The number of hydrogen-bond acceptors (Lipinski definition) is 1. The van der Waals surface area contributed by atoms with Gasteiger partial charge in [0.15, 0.2) is 0 Å². The molecule has 0 fully saturated rings. The maximum absolute atomic E-state index is 4.66. The van der Waals surface area contributed by atoms with E-state index in [0.29, 0.717) is 0 Å². The Labute approximate surface area is 63.9 Å². The highest BCUT2D eigenvalue weighted by atomic mass is 14.5. The van der Waals surface area contributed by atoms with Crippen molar-refractivity contribution in [1.29, 1.82) is 0 Å². The Hall–Kier alpha value is -1.38. The molecule has 0 aliphatic carbocycles. The molecule has 1 radical (unpaired) electrons. The Bertz CT molecular complexity index is 122. The van der Waals surface area contributed by atoms with E-state index in [-0.39, 0.29) is 0 Å². The predicted molar refractivity (Wildman–Crippen MR) is 46.9 cm³/mol. The highest BCUT2D eigenvalue weighted by Gasteiger charge is 1.26. The van der Waals surface area contributed by atoms with Crippen molar-refractivity contribution in [2.24, 2.45) is 5.73 Å². The first-order chi connectivity index (χ1) is 4.83. The maximum Gasteiger partial charge on any atom is 0.106 e. The molecule has 0 bridgehead atoms. The van der Waals surface area contributed by atoms with Crippen LogP contribution in [0.3, 0.4) is 0 Å². The molecule has 0 amide bonds. The molecule has 0 rings (SSSR count). The number of allylic oxidation sites excluding steroid dienone is 1. The minimum absolute atomic E-state index is 1.40. The lowest BCUT2D eigenvalue weighted by Crippen LogP contribution is -1.70. The van der Waals surface area contributed by atoms with Gasteiger partial charge in [0, 0.05) is 0 Å². The van der Waals surface area contributed by atoms with Crippen LogP contribution in [0.4, 0.5) is 0 Å². The van der Waals surface area contributed by atoms with Gasteiger partial charge in [0.2, 0.25) is 0 Å². The fourth-order valence-corrected chi connectivity index (χ4v) is 0. The van der Waals surface area contributed by atoms with Crippen LogP contribution >= 0.6 is 0 Å².